The molecule has 3 heteroatoms. The molecule has 4 rings (SSSR count). The lowest BCUT2D eigenvalue weighted by atomic mass is 9.69. The zero-order valence-corrected chi connectivity index (χ0v) is 8.62. The molecule has 3 nitrogen and oxygen atoms in total. The molecule has 15 heavy (non-hydrogen) atoms. The van der Waals surface area contributed by atoms with Crippen LogP contribution in [0.4, 0.5) is 0 Å². The topological polar surface area (TPSA) is 38.8 Å². The number of carbonyl (C=O) groups is 1. The molecule has 4 fully saturated rings. The van der Waals surface area contributed by atoms with Gasteiger partial charge in [0.25, 0.3) is 0 Å². The average molecular weight is 206 g/mol. The maximum Gasteiger partial charge on any atom is 0.339 e. The van der Waals surface area contributed by atoms with E-state index in [1.54, 1.807) is 0 Å². The van der Waals surface area contributed by atoms with Crippen LogP contribution in [0.5, 0.6) is 0 Å². The van der Waals surface area contributed by atoms with Crippen molar-refractivity contribution >= 4 is 5.97 Å². The van der Waals surface area contributed by atoms with Gasteiger partial charge >= 0.3 is 5.97 Å². The van der Waals surface area contributed by atoms with Crippen molar-refractivity contribution in [2.45, 2.75) is 49.4 Å². The first-order valence-corrected chi connectivity index (χ1v) is 5.75. The highest BCUT2D eigenvalue weighted by Crippen LogP contribution is 2.67. The van der Waals surface area contributed by atoms with Crippen molar-refractivity contribution in [1.29, 1.82) is 0 Å². The van der Waals surface area contributed by atoms with E-state index in [0.29, 0.717) is 5.92 Å². The molecule has 2 spiro atoms. The second-order valence-corrected chi connectivity index (χ2v) is 5.42. The van der Waals surface area contributed by atoms with Gasteiger partial charge in [0.2, 0.25) is 0 Å². The summed E-state index contributed by atoms with van der Waals surface area (Å²) in [6.45, 7) is 4.06. The van der Waals surface area contributed by atoms with Crippen LogP contribution in [-0.4, -0.2) is 23.3 Å². The highest BCUT2D eigenvalue weighted by atomic mass is 16.7. The van der Waals surface area contributed by atoms with Gasteiger partial charge in [-0.2, -0.15) is 0 Å². The van der Waals surface area contributed by atoms with Crippen molar-refractivity contribution in [3.05, 3.63) is 12.2 Å². The van der Waals surface area contributed by atoms with E-state index in [-0.39, 0.29) is 23.3 Å². The number of esters is 1. The van der Waals surface area contributed by atoms with Gasteiger partial charge in [0, 0.05) is 12.3 Å². The molecule has 2 saturated carbocycles. The SMILES string of the molecule is C=C1CC2CCCC34OC3C(=O)OC24C1. The van der Waals surface area contributed by atoms with Crippen LogP contribution in [0.25, 0.3) is 0 Å². The number of hydrogen-bond acceptors (Lipinski definition) is 3. The van der Waals surface area contributed by atoms with Gasteiger partial charge in [-0.25, -0.2) is 4.79 Å². The molecule has 0 aromatic heterocycles. The third-order valence-corrected chi connectivity index (χ3v) is 4.72. The molecule has 2 aliphatic heterocycles. The van der Waals surface area contributed by atoms with Crippen molar-refractivity contribution in [3.8, 4) is 0 Å². The van der Waals surface area contributed by atoms with Crippen LogP contribution < -0.4 is 0 Å². The first-order valence-electron chi connectivity index (χ1n) is 5.75. The Labute approximate surface area is 88.4 Å². The van der Waals surface area contributed by atoms with E-state index < -0.39 is 0 Å². The summed E-state index contributed by atoms with van der Waals surface area (Å²) in [6.07, 6.45) is 4.92. The molecule has 2 aliphatic carbocycles. The quantitative estimate of drug-likeness (QED) is 0.343. The highest BCUT2D eigenvalue weighted by Gasteiger charge is 2.82. The number of ether oxygens (including phenoxy) is 2. The first kappa shape index (κ1) is 8.34. The van der Waals surface area contributed by atoms with Gasteiger partial charge in [0.05, 0.1) is 0 Å². The zero-order chi connectivity index (χ0) is 10.3. The Bertz CT molecular complexity index is 384. The second-order valence-electron chi connectivity index (χ2n) is 5.42. The first-order chi connectivity index (χ1) is 7.18. The van der Waals surface area contributed by atoms with E-state index >= 15 is 0 Å². The summed E-state index contributed by atoms with van der Waals surface area (Å²) in [5, 5.41) is 0. The Morgan fingerprint density at radius 3 is 3.07 bits per heavy atom. The number of rotatable bonds is 0. The average Bonchev–Trinajstić information content (AvgIpc) is 2.73. The molecule has 0 bridgehead atoms. The van der Waals surface area contributed by atoms with Gasteiger partial charge < -0.3 is 9.47 Å². The molecule has 2 heterocycles. The van der Waals surface area contributed by atoms with Crippen LogP contribution in [0.2, 0.25) is 0 Å². The van der Waals surface area contributed by atoms with Crippen molar-refractivity contribution in [2.24, 2.45) is 5.92 Å². The molecule has 4 unspecified atom stereocenters. The standard InChI is InChI=1S/C12H14O3/c1-7-5-8-3-2-4-11-9(14-11)10(13)15-12(8,11)6-7/h8-9H,1-6H2. The molecule has 0 aromatic rings. The minimum absolute atomic E-state index is 0.128. The van der Waals surface area contributed by atoms with Crippen LogP contribution in [0.15, 0.2) is 12.2 Å². The summed E-state index contributed by atoms with van der Waals surface area (Å²) < 4.78 is 11.4. The summed E-state index contributed by atoms with van der Waals surface area (Å²) >= 11 is 0. The maximum atomic E-state index is 11.6. The van der Waals surface area contributed by atoms with E-state index in [1.807, 2.05) is 0 Å². The predicted molar refractivity (Wildman–Crippen MR) is 52.1 cm³/mol. The van der Waals surface area contributed by atoms with Crippen LogP contribution in [-0.2, 0) is 14.3 Å². The van der Waals surface area contributed by atoms with Crippen molar-refractivity contribution in [1.82, 2.24) is 0 Å². The fourth-order valence-electron chi connectivity index (χ4n) is 4.12. The minimum atomic E-state index is -0.315. The van der Waals surface area contributed by atoms with Gasteiger partial charge in [-0.15, -0.1) is 0 Å². The fourth-order valence-corrected chi connectivity index (χ4v) is 4.12. The number of carbonyl (C=O) groups excluding carboxylic acids is 1. The summed E-state index contributed by atoms with van der Waals surface area (Å²) in [5.41, 5.74) is 0.668. The molecule has 0 aromatic carbocycles. The van der Waals surface area contributed by atoms with Gasteiger partial charge in [0.1, 0.15) is 5.60 Å². The zero-order valence-electron chi connectivity index (χ0n) is 8.62. The Morgan fingerprint density at radius 2 is 2.27 bits per heavy atom. The normalized spacial score (nSPS) is 55.7. The number of hydrogen-bond donors (Lipinski definition) is 0. The molecule has 4 atom stereocenters. The van der Waals surface area contributed by atoms with Crippen molar-refractivity contribution in [2.75, 3.05) is 0 Å². The minimum Gasteiger partial charge on any atom is -0.453 e. The third kappa shape index (κ3) is 0.708. The molecule has 0 amide bonds. The highest BCUT2D eigenvalue weighted by molar-refractivity contribution is 5.84. The summed E-state index contributed by atoms with van der Waals surface area (Å²) in [4.78, 5) is 11.6. The third-order valence-electron chi connectivity index (χ3n) is 4.72. The van der Waals surface area contributed by atoms with Gasteiger partial charge in [0.15, 0.2) is 11.7 Å². The second kappa shape index (κ2) is 2.14. The smallest absolute Gasteiger partial charge is 0.339 e. The Kier molecular flexibility index (Phi) is 1.19. The molecule has 4 aliphatic rings. The van der Waals surface area contributed by atoms with Crippen LogP contribution in [0.1, 0.15) is 32.1 Å². The molecule has 0 N–H and O–H groups in total. The summed E-state index contributed by atoms with van der Waals surface area (Å²) in [7, 11) is 0. The lowest BCUT2D eigenvalue weighted by Crippen LogP contribution is -2.50. The van der Waals surface area contributed by atoms with E-state index in [0.717, 1.165) is 32.1 Å². The predicted octanol–water partition coefficient (Wildman–Crippen LogP) is 1.57. The van der Waals surface area contributed by atoms with Gasteiger partial charge in [-0.05, 0) is 25.7 Å². The van der Waals surface area contributed by atoms with Crippen molar-refractivity contribution in [3.63, 3.8) is 0 Å². The fraction of sp³-hybridized carbons (Fsp3) is 0.750. The summed E-state index contributed by atoms with van der Waals surface area (Å²) in [5.74, 6) is 0.340. The van der Waals surface area contributed by atoms with E-state index in [9.17, 15) is 4.79 Å². The Morgan fingerprint density at radius 1 is 1.40 bits per heavy atom. The lowest BCUT2D eigenvalue weighted by molar-refractivity contribution is -0.174. The van der Waals surface area contributed by atoms with Crippen LogP contribution in [0.3, 0.4) is 0 Å². The Balaban J connectivity index is 1.86. The van der Waals surface area contributed by atoms with Crippen molar-refractivity contribution < 1.29 is 14.3 Å². The lowest BCUT2D eigenvalue weighted by Gasteiger charge is -2.40. The molecular weight excluding hydrogens is 192 g/mol. The van der Waals surface area contributed by atoms with Gasteiger partial charge in [-0.3, -0.25) is 0 Å². The monoisotopic (exact) mass is 206 g/mol. The van der Waals surface area contributed by atoms with E-state index in [4.69, 9.17) is 9.47 Å². The van der Waals surface area contributed by atoms with Crippen LogP contribution >= 0.6 is 0 Å². The molecular formula is C12H14O3. The molecule has 0 radical (unpaired) electrons. The molecule has 2 saturated heterocycles. The van der Waals surface area contributed by atoms with Crippen LogP contribution in [0, 0.1) is 5.92 Å². The largest absolute Gasteiger partial charge is 0.453 e. The van der Waals surface area contributed by atoms with Gasteiger partial charge in [-0.1, -0.05) is 12.2 Å². The number of epoxide rings is 1. The Hall–Kier alpha value is -0.830. The van der Waals surface area contributed by atoms with E-state index in [2.05, 4.69) is 6.58 Å². The van der Waals surface area contributed by atoms with E-state index in [1.165, 1.54) is 5.57 Å². The maximum absolute atomic E-state index is 11.6. The summed E-state index contributed by atoms with van der Waals surface area (Å²) in [6, 6.07) is 0. The molecule has 80 valence electrons.